The van der Waals surface area contributed by atoms with E-state index in [9.17, 15) is 0 Å². The van der Waals surface area contributed by atoms with E-state index in [1.165, 1.54) is 6.33 Å². The van der Waals surface area contributed by atoms with Crippen LogP contribution in [0.2, 0.25) is 0 Å². The lowest BCUT2D eigenvalue weighted by molar-refractivity contribution is 0.936. The number of aromatic nitrogens is 4. The molecule has 4 heteroatoms. The normalized spacial score (nSPS) is 10.5. The number of rotatable bonds is 0. The molecule has 2 heterocycles. The zero-order chi connectivity index (χ0) is 6.97. The third kappa shape index (κ3) is 0.586. The topological polar surface area (TPSA) is 43.1 Å². The number of imidazole rings is 1. The number of hydrogen-bond donors (Lipinski definition) is 0. The van der Waals surface area contributed by atoms with Crippen molar-refractivity contribution in [3.8, 4) is 0 Å². The van der Waals surface area contributed by atoms with Gasteiger partial charge in [-0.3, -0.25) is 4.40 Å². The molecule has 2 aromatic heterocycles. The predicted octanol–water partition coefficient (Wildman–Crippen LogP) is 0.433. The van der Waals surface area contributed by atoms with Gasteiger partial charge in [0.15, 0.2) is 0 Å². The molecule has 10 heavy (non-hydrogen) atoms. The first-order valence-electron chi connectivity index (χ1n) is 2.98. The molecule has 0 atom stereocenters. The average molecular weight is 134 g/mol. The van der Waals surface area contributed by atoms with E-state index in [2.05, 4.69) is 15.0 Å². The fourth-order valence-corrected chi connectivity index (χ4v) is 0.870. The highest BCUT2D eigenvalue weighted by Crippen LogP contribution is 1.95. The molecule has 0 saturated carbocycles. The van der Waals surface area contributed by atoms with E-state index in [1.54, 1.807) is 6.20 Å². The van der Waals surface area contributed by atoms with Gasteiger partial charge < -0.3 is 0 Å². The number of hydrogen-bond acceptors (Lipinski definition) is 3. The summed E-state index contributed by atoms with van der Waals surface area (Å²) in [6, 6.07) is 0. The predicted molar refractivity (Wildman–Crippen MR) is 35.5 cm³/mol. The van der Waals surface area contributed by atoms with Gasteiger partial charge in [-0.1, -0.05) is 0 Å². The Balaban J connectivity index is 2.95. The second-order valence-electron chi connectivity index (χ2n) is 2.02. The fourth-order valence-electron chi connectivity index (χ4n) is 0.870. The molecular weight excluding hydrogens is 128 g/mol. The zero-order valence-corrected chi connectivity index (χ0v) is 5.52. The minimum Gasteiger partial charge on any atom is -0.272 e. The molecule has 0 saturated heterocycles. The van der Waals surface area contributed by atoms with E-state index in [0.29, 0.717) is 5.78 Å². The van der Waals surface area contributed by atoms with Crippen LogP contribution >= 0.6 is 0 Å². The molecule has 0 unspecified atom stereocenters. The van der Waals surface area contributed by atoms with E-state index in [1.807, 2.05) is 17.5 Å². The summed E-state index contributed by atoms with van der Waals surface area (Å²) in [4.78, 5) is 11.9. The van der Waals surface area contributed by atoms with Gasteiger partial charge in [-0.2, -0.15) is 0 Å². The smallest absolute Gasteiger partial charge is 0.236 e. The Hall–Kier alpha value is -1.45. The highest BCUT2D eigenvalue weighted by molar-refractivity contribution is 5.26. The Kier molecular flexibility index (Phi) is 0.943. The standard InChI is InChI=1S/C6H6N4/c1-5-8-4-9-6-7-2-3-10(5)6/h2-4H,1H3. The van der Waals surface area contributed by atoms with Crippen molar-refractivity contribution in [1.82, 2.24) is 19.4 Å². The summed E-state index contributed by atoms with van der Waals surface area (Å²) in [5, 5.41) is 0. The maximum atomic E-state index is 3.99. The van der Waals surface area contributed by atoms with E-state index in [-0.39, 0.29) is 0 Å². The Morgan fingerprint density at radius 2 is 2.20 bits per heavy atom. The SMILES string of the molecule is Cc1ncnc2nccn12. The Labute approximate surface area is 57.6 Å². The molecule has 0 aliphatic rings. The number of aryl methyl sites for hydroxylation is 1. The third-order valence-electron chi connectivity index (χ3n) is 1.39. The van der Waals surface area contributed by atoms with Crippen molar-refractivity contribution in [3.05, 3.63) is 24.5 Å². The largest absolute Gasteiger partial charge is 0.272 e. The third-order valence-corrected chi connectivity index (χ3v) is 1.39. The van der Waals surface area contributed by atoms with Gasteiger partial charge in [-0.25, -0.2) is 15.0 Å². The quantitative estimate of drug-likeness (QED) is 0.524. The molecular formula is C6H6N4. The molecule has 0 aliphatic heterocycles. The minimum atomic E-state index is 0.701. The van der Waals surface area contributed by atoms with Gasteiger partial charge in [0.2, 0.25) is 5.78 Å². The van der Waals surface area contributed by atoms with E-state index in [0.717, 1.165) is 5.82 Å². The maximum Gasteiger partial charge on any atom is 0.236 e. The van der Waals surface area contributed by atoms with Crippen molar-refractivity contribution in [1.29, 1.82) is 0 Å². The second-order valence-corrected chi connectivity index (χ2v) is 2.02. The Morgan fingerprint density at radius 3 is 3.00 bits per heavy atom. The molecule has 0 radical (unpaired) electrons. The first kappa shape index (κ1) is 5.34. The second kappa shape index (κ2) is 1.76. The van der Waals surface area contributed by atoms with Crippen LogP contribution in [0.25, 0.3) is 5.78 Å². The molecule has 2 aromatic rings. The lowest BCUT2D eigenvalue weighted by atomic mass is 10.7. The van der Waals surface area contributed by atoms with Gasteiger partial charge >= 0.3 is 0 Å². The molecule has 0 amide bonds. The minimum absolute atomic E-state index is 0.701. The molecule has 50 valence electrons. The summed E-state index contributed by atoms with van der Waals surface area (Å²) in [5.41, 5.74) is 0. The summed E-state index contributed by atoms with van der Waals surface area (Å²) < 4.78 is 1.83. The molecule has 0 spiro atoms. The van der Waals surface area contributed by atoms with Crippen molar-refractivity contribution >= 4 is 5.78 Å². The van der Waals surface area contributed by atoms with Gasteiger partial charge in [0.05, 0.1) is 0 Å². The summed E-state index contributed by atoms with van der Waals surface area (Å²) in [5.74, 6) is 1.61. The van der Waals surface area contributed by atoms with Gasteiger partial charge in [0.25, 0.3) is 0 Å². The van der Waals surface area contributed by atoms with Crippen molar-refractivity contribution in [2.45, 2.75) is 6.92 Å². The highest BCUT2D eigenvalue weighted by Gasteiger charge is 1.94. The van der Waals surface area contributed by atoms with Gasteiger partial charge in [0, 0.05) is 12.4 Å². The highest BCUT2D eigenvalue weighted by atomic mass is 15.1. The monoisotopic (exact) mass is 134 g/mol. The van der Waals surface area contributed by atoms with Crippen molar-refractivity contribution in [2.75, 3.05) is 0 Å². The fraction of sp³-hybridized carbons (Fsp3) is 0.167. The average Bonchev–Trinajstić information content (AvgIpc) is 2.36. The van der Waals surface area contributed by atoms with Crippen LogP contribution in [-0.4, -0.2) is 19.4 Å². The van der Waals surface area contributed by atoms with E-state index >= 15 is 0 Å². The van der Waals surface area contributed by atoms with Crippen LogP contribution in [0.3, 0.4) is 0 Å². The summed E-state index contributed by atoms with van der Waals surface area (Å²) >= 11 is 0. The zero-order valence-electron chi connectivity index (χ0n) is 5.52. The first-order valence-corrected chi connectivity index (χ1v) is 2.98. The number of nitrogens with zero attached hydrogens (tertiary/aromatic N) is 4. The molecule has 0 bridgehead atoms. The molecule has 4 nitrogen and oxygen atoms in total. The summed E-state index contributed by atoms with van der Waals surface area (Å²) in [6.45, 7) is 1.91. The van der Waals surface area contributed by atoms with Gasteiger partial charge in [-0.05, 0) is 6.92 Å². The van der Waals surface area contributed by atoms with Crippen LogP contribution in [0.4, 0.5) is 0 Å². The molecule has 0 aliphatic carbocycles. The van der Waals surface area contributed by atoms with Gasteiger partial charge in [-0.15, -0.1) is 0 Å². The van der Waals surface area contributed by atoms with Crippen LogP contribution in [0.15, 0.2) is 18.7 Å². The summed E-state index contributed by atoms with van der Waals surface area (Å²) in [7, 11) is 0. The maximum absolute atomic E-state index is 3.99. The first-order chi connectivity index (χ1) is 4.88. The molecule has 0 aromatic carbocycles. The van der Waals surface area contributed by atoms with Crippen LogP contribution in [0.1, 0.15) is 5.82 Å². The van der Waals surface area contributed by atoms with Crippen LogP contribution in [0.5, 0.6) is 0 Å². The molecule has 0 N–H and O–H groups in total. The lowest BCUT2D eigenvalue weighted by Crippen LogP contribution is -1.94. The van der Waals surface area contributed by atoms with Crippen LogP contribution in [0, 0.1) is 6.92 Å². The molecule has 0 fully saturated rings. The van der Waals surface area contributed by atoms with Crippen LogP contribution < -0.4 is 0 Å². The molecule has 2 rings (SSSR count). The van der Waals surface area contributed by atoms with Crippen LogP contribution in [-0.2, 0) is 0 Å². The van der Waals surface area contributed by atoms with E-state index < -0.39 is 0 Å². The summed E-state index contributed by atoms with van der Waals surface area (Å²) in [6.07, 6.45) is 5.05. The Bertz CT molecular complexity index is 351. The Morgan fingerprint density at radius 1 is 1.30 bits per heavy atom. The van der Waals surface area contributed by atoms with Crippen molar-refractivity contribution in [2.24, 2.45) is 0 Å². The van der Waals surface area contributed by atoms with E-state index in [4.69, 9.17) is 0 Å². The number of fused-ring (bicyclic) bond motifs is 1. The lowest BCUT2D eigenvalue weighted by Gasteiger charge is -1.93. The van der Waals surface area contributed by atoms with Gasteiger partial charge in [0.1, 0.15) is 12.2 Å². The van der Waals surface area contributed by atoms with Crippen molar-refractivity contribution in [3.63, 3.8) is 0 Å². The van der Waals surface area contributed by atoms with Crippen molar-refractivity contribution < 1.29 is 0 Å².